The fraction of sp³-hybridized carbons (Fsp3) is 0.286. The van der Waals surface area contributed by atoms with E-state index < -0.39 is 0 Å². The van der Waals surface area contributed by atoms with Crippen LogP contribution in [0.5, 0.6) is 5.88 Å². The molecule has 0 fully saturated rings. The van der Waals surface area contributed by atoms with Gasteiger partial charge in [0.2, 0.25) is 5.88 Å². The van der Waals surface area contributed by atoms with Gasteiger partial charge in [-0.05, 0) is 18.6 Å². The molecule has 1 heterocycles. The molecule has 2 rings (SSSR count). The number of hydrogen-bond donors (Lipinski definition) is 0. The largest absolute Gasteiger partial charge is 0.407 e. The van der Waals surface area contributed by atoms with E-state index in [1.807, 2.05) is 37.3 Å². The second-order valence-electron chi connectivity index (χ2n) is 3.92. The summed E-state index contributed by atoms with van der Waals surface area (Å²) in [5, 5.41) is 1.04. The molecule has 0 saturated heterocycles. The third kappa shape index (κ3) is 3.03. The average Bonchev–Trinajstić information content (AvgIpc) is 2.36. The van der Waals surface area contributed by atoms with Gasteiger partial charge in [0.15, 0.2) is 0 Å². The van der Waals surface area contributed by atoms with Crippen molar-refractivity contribution in [2.75, 3.05) is 0 Å². The molecule has 17 heavy (non-hydrogen) atoms. The van der Waals surface area contributed by atoms with Crippen molar-refractivity contribution < 1.29 is 9.53 Å². The van der Waals surface area contributed by atoms with E-state index in [0.717, 1.165) is 23.7 Å². The molecule has 1 aromatic carbocycles. The second-order valence-corrected chi connectivity index (χ2v) is 3.92. The molecule has 0 aliphatic carbocycles. The lowest BCUT2D eigenvalue weighted by molar-refractivity contribution is -0.134. The van der Waals surface area contributed by atoms with Crippen LogP contribution in [0.4, 0.5) is 0 Å². The van der Waals surface area contributed by atoms with Gasteiger partial charge in [-0.2, -0.15) is 0 Å². The van der Waals surface area contributed by atoms with Crippen molar-refractivity contribution in [1.82, 2.24) is 4.98 Å². The molecule has 3 nitrogen and oxygen atoms in total. The van der Waals surface area contributed by atoms with Gasteiger partial charge in [-0.15, -0.1) is 0 Å². The molecular weight excluding hydrogens is 214 g/mol. The van der Waals surface area contributed by atoms with Crippen LogP contribution in [-0.4, -0.2) is 11.0 Å². The molecule has 88 valence electrons. The maximum atomic E-state index is 11.4. The van der Waals surface area contributed by atoms with Crippen LogP contribution < -0.4 is 4.74 Å². The van der Waals surface area contributed by atoms with Gasteiger partial charge in [0.25, 0.3) is 0 Å². The van der Waals surface area contributed by atoms with Crippen LogP contribution in [0.15, 0.2) is 36.4 Å². The number of rotatable bonds is 4. The van der Waals surface area contributed by atoms with Gasteiger partial charge in [-0.1, -0.05) is 31.5 Å². The van der Waals surface area contributed by atoms with Crippen molar-refractivity contribution in [1.29, 1.82) is 0 Å². The molecule has 0 unspecified atom stereocenters. The number of carbonyl (C=O) groups is 1. The summed E-state index contributed by atoms with van der Waals surface area (Å²) in [4.78, 5) is 15.7. The van der Waals surface area contributed by atoms with Gasteiger partial charge < -0.3 is 4.74 Å². The third-order valence-electron chi connectivity index (χ3n) is 2.53. The second kappa shape index (κ2) is 5.43. The predicted molar refractivity (Wildman–Crippen MR) is 66.9 cm³/mol. The highest BCUT2D eigenvalue weighted by atomic mass is 16.5. The fourth-order valence-corrected chi connectivity index (χ4v) is 1.59. The Bertz CT molecular complexity index is 522. The van der Waals surface area contributed by atoms with E-state index in [0.29, 0.717) is 12.3 Å². The zero-order chi connectivity index (χ0) is 12.1. The first kappa shape index (κ1) is 11.6. The first-order valence-corrected chi connectivity index (χ1v) is 5.86. The summed E-state index contributed by atoms with van der Waals surface area (Å²) >= 11 is 0. The highest BCUT2D eigenvalue weighted by molar-refractivity contribution is 5.79. The number of para-hydroxylation sites is 1. The van der Waals surface area contributed by atoms with E-state index in [-0.39, 0.29) is 5.97 Å². The smallest absolute Gasteiger partial charge is 0.312 e. The maximum Gasteiger partial charge on any atom is 0.312 e. The predicted octanol–water partition coefficient (Wildman–Crippen LogP) is 3.33. The summed E-state index contributed by atoms with van der Waals surface area (Å²) in [6, 6.07) is 11.4. The fourth-order valence-electron chi connectivity index (χ4n) is 1.59. The minimum absolute atomic E-state index is 0.213. The van der Waals surface area contributed by atoms with Gasteiger partial charge in [0, 0.05) is 17.9 Å². The summed E-state index contributed by atoms with van der Waals surface area (Å²) in [7, 11) is 0. The molecule has 0 atom stereocenters. The molecule has 0 amide bonds. The third-order valence-corrected chi connectivity index (χ3v) is 2.53. The number of benzene rings is 1. The van der Waals surface area contributed by atoms with Crippen LogP contribution in [0.3, 0.4) is 0 Å². The Morgan fingerprint density at radius 2 is 2.06 bits per heavy atom. The Morgan fingerprint density at radius 1 is 1.24 bits per heavy atom. The summed E-state index contributed by atoms with van der Waals surface area (Å²) in [5.74, 6) is 0.166. The average molecular weight is 229 g/mol. The molecule has 3 heteroatoms. The summed E-state index contributed by atoms with van der Waals surface area (Å²) < 4.78 is 5.17. The molecule has 0 saturated carbocycles. The van der Waals surface area contributed by atoms with E-state index in [4.69, 9.17) is 4.74 Å². The monoisotopic (exact) mass is 229 g/mol. The normalized spacial score (nSPS) is 10.4. The molecular formula is C14H15NO2. The summed E-state index contributed by atoms with van der Waals surface area (Å²) in [6.45, 7) is 2.04. The molecule has 0 aliphatic rings. The van der Waals surface area contributed by atoms with Crippen LogP contribution in [-0.2, 0) is 4.79 Å². The van der Waals surface area contributed by atoms with Crippen LogP contribution in [0.25, 0.3) is 10.9 Å². The number of carbonyl (C=O) groups excluding carboxylic acids is 1. The van der Waals surface area contributed by atoms with Crippen molar-refractivity contribution in [2.45, 2.75) is 26.2 Å². The summed E-state index contributed by atoms with van der Waals surface area (Å²) in [6.07, 6.45) is 2.29. The Hall–Kier alpha value is -1.90. The van der Waals surface area contributed by atoms with E-state index >= 15 is 0 Å². The Balaban J connectivity index is 2.11. The number of pyridine rings is 1. The maximum absolute atomic E-state index is 11.4. The zero-order valence-electron chi connectivity index (χ0n) is 9.85. The van der Waals surface area contributed by atoms with E-state index in [1.54, 1.807) is 6.07 Å². The van der Waals surface area contributed by atoms with Crippen molar-refractivity contribution >= 4 is 16.9 Å². The molecule has 0 spiro atoms. The Kier molecular flexibility index (Phi) is 3.70. The molecule has 1 aromatic heterocycles. The van der Waals surface area contributed by atoms with Crippen molar-refractivity contribution in [3.8, 4) is 5.88 Å². The zero-order valence-corrected chi connectivity index (χ0v) is 9.85. The van der Waals surface area contributed by atoms with Gasteiger partial charge in [-0.25, -0.2) is 4.98 Å². The highest BCUT2D eigenvalue weighted by Gasteiger charge is 2.05. The quantitative estimate of drug-likeness (QED) is 0.755. The lowest BCUT2D eigenvalue weighted by Gasteiger charge is -2.03. The van der Waals surface area contributed by atoms with Crippen LogP contribution in [0.1, 0.15) is 26.2 Å². The standard InChI is InChI=1S/C14H15NO2/c1-2-3-8-14(16)17-13-10-9-11-6-4-5-7-12(11)15-13/h4-7,9-10H,2-3,8H2,1H3. The number of aromatic nitrogens is 1. The van der Waals surface area contributed by atoms with E-state index in [9.17, 15) is 4.79 Å². The number of hydrogen-bond acceptors (Lipinski definition) is 3. The lowest BCUT2D eigenvalue weighted by atomic mass is 10.2. The van der Waals surface area contributed by atoms with Crippen molar-refractivity contribution in [3.05, 3.63) is 36.4 Å². The molecule has 0 N–H and O–H groups in total. The number of fused-ring (bicyclic) bond motifs is 1. The molecule has 0 radical (unpaired) electrons. The van der Waals surface area contributed by atoms with E-state index in [1.165, 1.54) is 0 Å². The van der Waals surface area contributed by atoms with E-state index in [2.05, 4.69) is 4.98 Å². The van der Waals surface area contributed by atoms with Gasteiger partial charge in [0.1, 0.15) is 0 Å². The number of esters is 1. The van der Waals surface area contributed by atoms with Crippen molar-refractivity contribution in [2.24, 2.45) is 0 Å². The van der Waals surface area contributed by atoms with Gasteiger partial charge in [-0.3, -0.25) is 4.79 Å². The lowest BCUT2D eigenvalue weighted by Crippen LogP contribution is -2.08. The molecule has 2 aromatic rings. The van der Waals surface area contributed by atoms with Crippen LogP contribution >= 0.6 is 0 Å². The first-order valence-electron chi connectivity index (χ1n) is 5.86. The number of unbranched alkanes of at least 4 members (excludes halogenated alkanes) is 1. The van der Waals surface area contributed by atoms with Crippen LogP contribution in [0, 0.1) is 0 Å². The highest BCUT2D eigenvalue weighted by Crippen LogP contribution is 2.16. The Morgan fingerprint density at radius 3 is 2.88 bits per heavy atom. The van der Waals surface area contributed by atoms with Gasteiger partial charge in [0.05, 0.1) is 5.52 Å². The Labute approximate surface area is 100 Å². The minimum atomic E-state index is -0.213. The molecule has 0 aliphatic heterocycles. The summed E-state index contributed by atoms with van der Waals surface area (Å²) in [5.41, 5.74) is 0.841. The van der Waals surface area contributed by atoms with Crippen LogP contribution in [0.2, 0.25) is 0 Å². The van der Waals surface area contributed by atoms with Crippen molar-refractivity contribution in [3.63, 3.8) is 0 Å². The minimum Gasteiger partial charge on any atom is -0.407 e. The number of nitrogens with zero attached hydrogens (tertiary/aromatic N) is 1. The SMILES string of the molecule is CCCCC(=O)Oc1ccc2ccccc2n1. The topological polar surface area (TPSA) is 39.2 Å². The number of ether oxygens (including phenoxy) is 1. The first-order chi connectivity index (χ1) is 8.29. The molecule has 0 bridgehead atoms. The van der Waals surface area contributed by atoms with Gasteiger partial charge >= 0.3 is 5.97 Å².